The number of anilines is 1. The van der Waals surface area contributed by atoms with Crippen LogP contribution in [-0.2, 0) is 4.79 Å². The van der Waals surface area contributed by atoms with Crippen molar-refractivity contribution < 1.29 is 23.0 Å². The number of rotatable bonds is 5. The molecule has 4 aromatic rings. The summed E-state index contributed by atoms with van der Waals surface area (Å²) in [7, 11) is 0. The van der Waals surface area contributed by atoms with Gasteiger partial charge in [-0.2, -0.15) is 9.61 Å². The third-order valence-electron chi connectivity index (χ3n) is 4.44. The van der Waals surface area contributed by atoms with Gasteiger partial charge in [0.15, 0.2) is 17.1 Å². The lowest BCUT2D eigenvalue weighted by molar-refractivity contribution is -0.113. The summed E-state index contributed by atoms with van der Waals surface area (Å²) >= 11 is 1.09. The summed E-state index contributed by atoms with van der Waals surface area (Å²) in [5, 5.41) is 15.5. The van der Waals surface area contributed by atoms with Gasteiger partial charge in [0.25, 0.3) is 0 Å². The Morgan fingerprint density at radius 2 is 1.94 bits per heavy atom. The van der Waals surface area contributed by atoms with Gasteiger partial charge in [0, 0.05) is 11.6 Å². The van der Waals surface area contributed by atoms with Gasteiger partial charge in [-0.15, -0.1) is 10.2 Å². The Morgan fingerprint density at radius 3 is 2.81 bits per heavy atom. The average Bonchev–Trinajstić information content (AvgIpc) is 3.40. The topological polar surface area (TPSA) is 90.6 Å². The monoisotopic (exact) mass is 441 g/mol. The Labute approximate surface area is 178 Å². The minimum absolute atomic E-state index is 0.0620. The summed E-state index contributed by atoms with van der Waals surface area (Å²) in [5.74, 6) is -0.783. The number of aromatic nitrogens is 4. The number of nitrogens with one attached hydrogen (secondary N) is 1. The maximum absolute atomic E-state index is 13.7. The van der Waals surface area contributed by atoms with Crippen LogP contribution < -0.4 is 14.8 Å². The number of carbonyl (C=O) groups is 1. The Kier molecular flexibility index (Phi) is 4.86. The summed E-state index contributed by atoms with van der Waals surface area (Å²) in [6.07, 6.45) is 0. The van der Waals surface area contributed by atoms with Crippen LogP contribution in [0.4, 0.5) is 14.5 Å². The molecule has 0 bridgehead atoms. The normalized spacial score (nSPS) is 12.3. The molecule has 1 amide bonds. The van der Waals surface area contributed by atoms with E-state index in [4.69, 9.17) is 9.47 Å². The molecule has 0 fully saturated rings. The first-order valence-electron chi connectivity index (χ1n) is 9.07. The highest BCUT2D eigenvalue weighted by atomic mass is 32.2. The van der Waals surface area contributed by atoms with Crippen molar-refractivity contribution in [3.63, 3.8) is 0 Å². The molecule has 2 aromatic heterocycles. The second kappa shape index (κ2) is 7.84. The summed E-state index contributed by atoms with van der Waals surface area (Å²) in [6, 6.07) is 12.0. The van der Waals surface area contributed by atoms with Crippen LogP contribution in [0.15, 0.2) is 53.7 Å². The van der Waals surface area contributed by atoms with Crippen LogP contribution in [0.25, 0.3) is 16.9 Å². The third-order valence-corrected chi connectivity index (χ3v) is 5.36. The van der Waals surface area contributed by atoms with Crippen molar-refractivity contribution in [3.8, 4) is 22.8 Å². The molecule has 0 atom stereocenters. The minimum atomic E-state index is -0.846. The van der Waals surface area contributed by atoms with Crippen LogP contribution in [0.2, 0.25) is 0 Å². The number of halogens is 2. The number of hydrogen-bond acceptors (Lipinski definition) is 7. The highest BCUT2D eigenvalue weighted by molar-refractivity contribution is 7.99. The fraction of sp³-hybridized carbons (Fsp3) is 0.100. The van der Waals surface area contributed by atoms with Gasteiger partial charge in [-0.3, -0.25) is 4.79 Å². The first-order chi connectivity index (χ1) is 15.1. The number of amides is 1. The van der Waals surface area contributed by atoms with Crippen LogP contribution >= 0.6 is 11.8 Å². The molecule has 0 spiro atoms. The first kappa shape index (κ1) is 19.2. The molecule has 0 saturated carbocycles. The van der Waals surface area contributed by atoms with Crippen molar-refractivity contribution in [1.29, 1.82) is 0 Å². The lowest BCUT2D eigenvalue weighted by Gasteiger charge is -2.06. The first-order valence-corrected chi connectivity index (χ1v) is 10.1. The van der Waals surface area contributed by atoms with Crippen LogP contribution in [-0.4, -0.2) is 38.3 Å². The highest BCUT2D eigenvalue weighted by Crippen LogP contribution is 2.35. The van der Waals surface area contributed by atoms with E-state index in [-0.39, 0.29) is 18.2 Å². The van der Waals surface area contributed by atoms with Gasteiger partial charge in [0.05, 0.1) is 17.1 Å². The van der Waals surface area contributed by atoms with Crippen LogP contribution in [0.3, 0.4) is 0 Å². The Balaban J connectivity index is 1.33. The molecule has 1 aliphatic rings. The SMILES string of the molecule is O=C(CSc1nnc2ccc(-c3ccc4c(c3)OCO4)nn12)Nc1ccc(F)cc1F. The van der Waals surface area contributed by atoms with E-state index in [1.165, 1.54) is 10.6 Å². The van der Waals surface area contributed by atoms with E-state index in [0.29, 0.717) is 34.1 Å². The fourth-order valence-corrected chi connectivity index (χ4v) is 3.66. The molecule has 1 N–H and O–H groups in total. The van der Waals surface area contributed by atoms with Crippen LogP contribution in [0.5, 0.6) is 11.5 Å². The smallest absolute Gasteiger partial charge is 0.234 e. The predicted octanol–water partition coefficient (Wildman–Crippen LogP) is 3.53. The molecule has 0 aliphatic carbocycles. The minimum Gasteiger partial charge on any atom is -0.454 e. The van der Waals surface area contributed by atoms with Crippen molar-refractivity contribution in [1.82, 2.24) is 19.8 Å². The van der Waals surface area contributed by atoms with E-state index in [9.17, 15) is 13.6 Å². The highest BCUT2D eigenvalue weighted by Gasteiger charge is 2.16. The molecule has 2 aromatic carbocycles. The largest absolute Gasteiger partial charge is 0.454 e. The maximum atomic E-state index is 13.7. The fourth-order valence-electron chi connectivity index (χ4n) is 2.98. The second-order valence-corrected chi connectivity index (χ2v) is 7.44. The molecular formula is C20H13F2N5O3S. The molecule has 0 radical (unpaired) electrons. The van der Waals surface area contributed by atoms with Crippen molar-refractivity contribution in [3.05, 3.63) is 60.2 Å². The molecule has 0 unspecified atom stereocenters. The number of hydrogen-bond donors (Lipinski definition) is 1. The number of benzene rings is 2. The summed E-state index contributed by atoms with van der Waals surface area (Å²) in [5.41, 5.74) is 1.89. The zero-order chi connectivity index (χ0) is 21.4. The molecule has 1 aliphatic heterocycles. The lowest BCUT2D eigenvalue weighted by Crippen LogP contribution is -2.15. The zero-order valence-electron chi connectivity index (χ0n) is 15.7. The zero-order valence-corrected chi connectivity index (χ0v) is 16.5. The maximum Gasteiger partial charge on any atom is 0.234 e. The van der Waals surface area contributed by atoms with E-state index >= 15 is 0 Å². The molecular weight excluding hydrogens is 428 g/mol. The Hall–Kier alpha value is -3.73. The van der Waals surface area contributed by atoms with Crippen molar-refractivity contribution >= 4 is 29.0 Å². The third kappa shape index (κ3) is 3.87. The van der Waals surface area contributed by atoms with E-state index < -0.39 is 17.5 Å². The number of thioether (sulfide) groups is 1. The van der Waals surface area contributed by atoms with Gasteiger partial charge in [0.1, 0.15) is 11.6 Å². The van der Waals surface area contributed by atoms with E-state index in [0.717, 1.165) is 23.4 Å². The summed E-state index contributed by atoms with van der Waals surface area (Å²) < 4.78 is 39.0. The number of fused-ring (bicyclic) bond motifs is 2. The lowest BCUT2D eigenvalue weighted by atomic mass is 10.1. The van der Waals surface area contributed by atoms with E-state index in [1.807, 2.05) is 18.2 Å². The van der Waals surface area contributed by atoms with Gasteiger partial charge in [-0.05, 0) is 42.5 Å². The average molecular weight is 441 g/mol. The molecule has 156 valence electrons. The van der Waals surface area contributed by atoms with E-state index in [2.05, 4.69) is 20.6 Å². The summed E-state index contributed by atoms with van der Waals surface area (Å²) in [4.78, 5) is 12.2. The molecule has 0 saturated heterocycles. The molecule has 5 rings (SSSR count). The van der Waals surface area contributed by atoms with Crippen LogP contribution in [0, 0.1) is 11.6 Å². The molecule has 31 heavy (non-hydrogen) atoms. The van der Waals surface area contributed by atoms with Gasteiger partial charge in [-0.1, -0.05) is 11.8 Å². The number of carbonyl (C=O) groups excluding carboxylic acids is 1. The standard InChI is InChI=1S/C20H13F2N5O3S/c21-12-2-3-15(13(22)8-12)23-19(28)9-31-20-25-24-18-6-4-14(26-27(18)20)11-1-5-16-17(7-11)30-10-29-16/h1-8H,9-10H2,(H,23,28). The molecule has 3 heterocycles. The summed E-state index contributed by atoms with van der Waals surface area (Å²) in [6.45, 7) is 0.182. The van der Waals surface area contributed by atoms with Gasteiger partial charge in [-0.25, -0.2) is 8.78 Å². The van der Waals surface area contributed by atoms with Crippen molar-refractivity contribution in [2.45, 2.75) is 5.16 Å². The molecule has 11 heteroatoms. The van der Waals surface area contributed by atoms with Gasteiger partial charge >= 0.3 is 0 Å². The van der Waals surface area contributed by atoms with Gasteiger partial charge < -0.3 is 14.8 Å². The number of nitrogens with zero attached hydrogens (tertiary/aromatic N) is 4. The second-order valence-electron chi connectivity index (χ2n) is 6.50. The van der Waals surface area contributed by atoms with Gasteiger partial charge in [0.2, 0.25) is 17.9 Å². The Bertz CT molecular complexity index is 1310. The van der Waals surface area contributed by atoms with E-state index in [1.54, 1.807) is 12.1 Å². The van der Waals surface area contributed by atoms with Crippen LogP contribution in [0.1, 0.15) is 0 Å². The molecule has 8 nitrogen and oxygen atoms in total. The number of ether oxygens (including phenoxy) is 2. The predicted molar refractivity (Wildman–Crippen MR) is 108 cm³/mol. The van der Waals surface area contributed by atoms with Crippen molar-refractivity contribution in [2.75, 3.05) is 17.9 Å². The quantitative estimate of drug-likeness (QED) is 0.474. The Morgan fingerprint density at radius 1 is 1.06 bits per heavy atom. The van der Waals surface area contributed by atoms with Crippen molar-refractivity contribution in [2.24, 2.45) is 0 Å².